The van der Waals surface area contributed by atoms with Gasteiger partial charge in [0.1, 0.15) is 5.75 Å². The summed E-state index contributed by atoms with van der Waals surface area (Å²) in [6.07, 6.45) is 6.92. The fourth-order valence-corrected chi connectivity index (χ4v) is 4.12. The maximum absolute atomic E-state index is 10.1. The first kappa shape index (κ1) is 13.7. The van der Waals surface area contributed by atoms with E-state index in [1.165, 1.54) is 25.0 Å². The van der Waals surface area contributed by atoms with E-state index in [0.29, 0.717) is 11.0 Å². The van der Waals surface area contributed by atoms with E-state index in [9.17, 15) is 5.11 Å². The summed E-state index contributed by atoms with van der Waals surface area (Å²) in [4.78, 5) is 4.90. The van der Waals surface area contributed by atoms with Gasteiger partial charge in [-0.3, -0.25) is 4.99 Å². The van der Waals surface area contributed by atoms with Crippen LogP contribution in [-0.2, 0) is 6.42 Å². The summed E-state index contributed by atoms with van der Waals surface area (Å²) in [5.41, 5.74) is 4.54. The van der Waals surface area contributed by atoms with Crippen molar-refractivity contribution in [1.82, 2.24) is 0 Å². The van der Waals surface area contributed by atoms with Crippen LogP contribution >= 0.6 is 11.8 Å². The Morgan fingerprint density at radius 1 is 1.35 bits per heavy atom. The van der Waals surface area contributed by atoms with Gasteiger partial charge in [-0.15, -0.1) is 11.8 Å². The predicted octanol–water partition coefficient (Wildman–Crippen LogP) is 4.77. The lowest BCUT2D eigenvalue weighted by atomic mass is 9.96. The second-order valence-corrected chi connectivity index (χ2v) is 6.61. The molecule has 2 aliphatic rings. The number of phenolic OH excluding ortho intramolecular Hbond substituents is 1. The summed E-state index contributed by atoms with van der Waals surface area (Å²) >= 11 is 1.91. The van der Waals surface area contributed by atoms with Crippen molar-refractivity contribution >= 4 is 23.2 Å². The first-order chi connectivity index (χ1) is 9.79. The van der Waals surface area contributed by atoms with Gasteiger partial charge in [0.15, 0.2) is 0 Å². The molecule has 0 aromatic heterocycles. The molecular weight excluding hydrogens is 266 g/mol. The van der Waals surface area contributed by atoms with Gasteiger partial charge in [-0.2, -0.15) is 0 Å². The van der Waals surface area contributed by atoms with Crippen LogP contribution in [0.1, 0.15) is 50.2 Å². The number of benzene rings is 1. The van der Waals surface area contributed by atoms with Crippen molar-refractivity contribution < 1.29 is 5.11 Å². The van der Waals surface area contributed by atoms with Crippen LogP contribution in [0.4, 0.5) is 0 Å². The smallest absolute Gasteiger partial charge is 0.119 e. The van der Waals surface area contributed by atoms with Crippen molar-refractivity contribution in [3.05, 3.63) is 34.7 Å². The monoisotopic (exact) mass is 287 g/mol. The third-order valence-corrected chi connectivity index (χ3v) is 5.25. The van der Waals surface area contributed by atoms with E-state index in [1.807, 2.05) is 17.8 Å². The topological polar surface area (TPSA) is 32.6 Å². The molecule has 1 aliphatic carbocycles. The molecule has 1 aromatic carbocycles. The minimum absolute atomic E-state index is 0.404. The lowest BCUT2D eigenvalue weighted by Gasteiger charge is -2.26. The molecular formula is C17H21NOS. The van der Waals surface area contributed by atoms with Crippen LogP contribution in [0.15, 0.2) is 28.6 Å². The minimum atomic E-state index is 0.404. The lowest BCUT2D eigenvalue weighted by molar-refractivity contribution is 0.467. The predicted molar refractivity (Wildman–Crippen MR) is 87.4 cm³/mol. The Bertz CT molecular complexity index is 562. The van der Waals surface area contributed by atoms with E-state index in [2.05, 4.69) is 18.4 Å². The number of phenols is 1. The second-order valence-electron chi connectivity index (χ2n) is 5.53. The van der Waals surface area contributed by atoms with Gasteiger partial charge >= 0.3 is 0 Å². The molecule has 1 N–H and O–H groups in total. The van der Waals surface area contributed by atoms with Crippen molar-refractivity contribution in [1.29, 1.82) is 0 Å². The summed E-state index contributed by atoms with van der Waals surface area (Å²) in [6, 6.07) is 5.79. The van der Waals surface area contributed by atoms with Gasteiger partial charge in [0, 0.05) is 22.1 Å². The van der Waals surface area contributed by atoms with Gasteiger partial charge in [0.05, 0.1) is 5.70 Å². The summed E-state index contributed by atoms with van der Waals surface area (Å²) in [6.45, 7) is 2.14. The largest absolute Gasteiger partial charge is 0.508 e. The average molecular weight is 287 g/mol. The van der Waals surface area contributed by atoms with E-state index in [-0.39, 0.29) is 0 Å². The fourth-order valence-electron chi connectivity index (χ4n) is 3.02. The number of hydrogen-bond acceptors (Lipinski definition) is 3. The number of hydrogen-bond donors (Lipinski definition) is 1. The van der Waals surface area contributed by atoms with Gasteiger partial charge < -0.3 is 5.11 Å². The maximum Gasteiger partial charge on any atom is 0.119 e. The molecule has 1 heterocycles. The molecule has 20 heavy (non-hydrogen) atoms. The first-order valence-electron chi connectivity index (χ1n) is 7.54. The number of rotatable bonds is 3. The van der Waals surface area contributed by atoms with Gasteiger partial charge in [-0.05, 0) is 37.2 Å². The average Bonchev–Trinajstić information content (AvgIpc) is 2.49. The molecule has 1 aromatic rings. The van der Waals surface area contributed by atoms with Crippen molar-refractivity contribution in [2.45, 2.75) is 50.7 Å². The Kier molecular flexibility index (Phi) is 4.16. The van der Waals surface area contributed by atoms with E-state index < -0.39 is 0 Å². The van der Waals surface area contributed by atoms with Crippen LogP contribution in [0, 0.1) is 0 Å². The summed E-state index contributed by atoms with van der Waals surface area (Å²) < 4.78 is 0. The molecule has 3 heteroatoms. The quantitative estimate of drug-likeness (QED) is 0.868. The van der Waals surface area contributed by atoms with Crippen LogP contribution in [0.2, 0.25) is 0 Å². The molecule has 1 aliphatic heterocycles. The lowest BCUT2D eigenvalue weighted by Crippen LogP contribution is -2.23. The van der Waals surface area contributed by atoms with Crippen LogP contribution in [-0.4, -0.2) is 16.1 Å². The Morgan fingerprint density at radius 2 is 2.25 bits per heavy atom. The highest BCUT2D eigenvalue weighted by Gasteiger charge is 2.24. The fraction of sp³-hybridized carbons (Fsp3) is 0.471. The normalized spacial score (nSPS) is 21.9. The molecule has 2 nitrogen and oxygen atoms in total. The minimum Gasteiger partial charge on any atom is -0.508 e. The highest BCUT2D eigenvalue weighted by molar-refractivity contribution is 8.03. The Morgan fingerprint density at radius 3 is 3.10 bits per heavy atom. The number of nitrogens with zero attached hydrogens (tertiary/aromatic N) is 1. The standard InChI is InChI=1S/C17H21NOS/c1-2-6-13-12(7-5-9-16(13)19)15-11-20-17-10-4-3-8-14(17)18-15/h5,7,9,11,17,19H,2-4,6,8,10H2,1H3. The molecule has 0 radical (unpaired) electrons. The number of thioether (sulfide) groups is 1. The van der Waals surface area contributed by atoms with Crippen LogP contribution in [0.5, 0.6) is 5.75 Å². The summed E-state index contributed by atoms with van der Waals surface area (Å²) in [7, 11) is 0. The van der Waals surface area contributed by atoms with E-state index >= 15 is 0 Å². The summed E-state index contributed by atoms with van der Waals surface area (Å²) in [5, 5.41) is 12.9. The Balaban J connectivity index is 1.96. The molecule has 0 saturated heterocycles. The van der Waals surface area contributed by atoms with E-state index in [1.54, 1.807) is 6.07 Å². The Hall–Kier alpha value is -1.22. The van der Waals surface area contributed by atoms with Crippen molar-refractivity contribution in [2.24, 2.45) is 4.99 Å². The zero-order valence-corrected chi connectivity index (χ0v) is 12.7. The van der Waals surface area contributed by atoms with Gasteiger partial charge in [-0.1, -0.05) is 31.9 Å². The Labute approximate surface area is 125 Å². The molecule has 106 valence electrons. The van der Waals surface area contributed by atoms with E-state index in [0.717, 1.165) is 36.1 Å². The molecule has 1 saturated carbocycles. The highest BCUT2D eigenvalue weighted by atomic mass is 32.2. The number of aromatic hydroxyl groups is 1. The van der Waals surface area contributed by atoms with Crippen molar-refractivity contribution in [2.75, 3.05) is 0 Å². The molecule has 3 rings (SSSR count). The van der Waals surface area contributed by atoms with Crippen molar-refractivity contribution in [3.63, 3.8) is 0 Å². The zero-order chi connectivity index (χ0) is 13.9. The number of fused-ring (bicyclic) bond motifs is 1. The van der Waals surface area contributed by atoms with E-state index in [4.69, 9.17) is 4.99 Å². The molecule has 1 fully saturated rings. The van der Waals surface area contributed by atoms with Gasteiger partial charge in [-0.25, -0.2) is 0 Å². The summed E-state index contributed by atoms with van der Waals surface area (Å²) in [5.74, 6) is 0.404. The molecule has 1 unspecified atom stereocenters. The van der Waals surface area contributed by atoms with Gasteiger partial charge in [0.2, 0.25) is 0 Å². The second kappa shape index (κ2) is 6.04. The van der Waals surface area contributed by atoms with Crippen LogP contribution in [0.25, 0.3) is 5.70 Å². The zero-order valence-electron chi connectivity index (χ0n) is 11.9. The molecule has 0 amide bonds. The highest BCUT2D eigenvalue weighted by Crippen LogP contribution is 2.38. The van der Waals surface area contributed by atoms with Crippen LogP contribution < -0.4 is 0 Å². The molecule has 1 atom stereocenters. The van der Waals surface area contributed by atoms with Crippen molar-refractivity contribution in [3.8, 4) is 5.75 Å². The third kappa shape index (κ3) is 2.64. The molecule has 0 bridgehead atoms. The third-order valence-electron chi connectivity index (χ3n) is 4.06. The first-order valence-corrected chi connectivity index (χ1v) is 8.48. The van der Waals surface area contributed by atoms with Crippen LogP contribution in [0.3, 0.4) is 0 Å². The molecule has 0 spiro atoms. The maximum atomic E-state index is 10.1. The number of aliphatic imine (C=N–C) groups is 1. The SMILES string of the molecule is CCCc1c(O)cccc1C1=CSC2CCCCC2=N1. The van der Waals surface area contributed by atoms with Gasteiger partial charge in [0.25, 0.3) is 0 Å².